The molecule has 0 bridgehead atoms. The van der Waals surface area contributed by atoms with Gasteiger partial charge >= 0.3 is 0 Å². The van der Waals surface area contributed by atoms with E-state index in [1.54, 1.807) is 6.92 Å². The number of nitrogens with one attached hydrogen (secondary N) is 1. The minimum Gasteiger partial charge on any atom is -0.207 e. The Morgan fingerprint density at radius 1 is 1.59 bits per heavy atom. The van der Waals surface area contributed by atoms with Crippen LogP contribution in [0.2, 0.25) is 0 Å². The van der Waals surface area contributed by atoms with Crippen molar-refractivity contribution in [2.75, 3.05) is 0 Å². The van der Waals surface area contributed by atoms with Gasteiger partial charge in [-0.1, -0.05) is 0 Å². The van der Waals surface area contributed by atoms with Crippen LogP contribution in [0.1, 0.15) is 13.3 Å². The van der Waals surface area contributed by atoms with Gasteiger partial charge in [0, 0.05) is 12.5 Å². The van der Waals surface area contributed by atoms with Gasteiger partial charge in [-0.05, 0) is 41.1 Å². The van der Waals surface area contributed by atoms with Crippen LogP contribution in [0.3, 0.4) is 0 Å². The van der Waals surface area contributed by atoms with Gasteiger partial charge in [-0.25, -0.2) is 17.5 Å². The van der Waals surface area contributed by atoms with Crippen LogP contribution in [0.4, 0.5) is 4.39 Å². The van der Waals surface area contributed by atoms with Crippen LogP contribution in [-0.4, -0.2) is 14.5 Å². The SMILES string of the molecule is C#CCC(C)NS(=O)(=O)c1ccc(Br)c(F)c1. The Hall–Kier alpha value is -0.900. The third kappa shape index (κ3) is 3.80. The first-order valence-corrected chi connectivity index (χ1v) is 7.05. The lowest BCUT2D eigenvalue weighted by Gasteiger charge is -2.11. The molecular formula is C11H11BrFNO2S. The van der Waals surface area contributed by atoms with Gasteiger partial charge in [0.05, 0.1) is 9.37 Å². The van der Waals surface area contributed by atoms with Gasteiger partial charge in [0.1, 0.15) is 5.82 Å². The van der Waals surface area contributed by atoms with E-state index >= 15 is 0 Å². The maximum Gasteiger partial charge on any atom is 0.240 e. The molecule has 0 aliphatic carbocycles. The highest BCUT2D eigenvalue weighted by Gasteiger charge is 2.18. The highest BCUT2D eigenvalue weighted by Crippen LogP contribution is 2.19. The van der Waals surface area contributed by atoms with Crippen molar-refractivity contribution in [1.29, 1.82) is 0 Å². The summed E-state index contributed by atoms with van der Waals surface area (Å²) in [6.07, 6.45) is 5.36. The topological polar surface area (TPSA) is 46.2 Å². The fourth-order valence-corrected chi connectivity index (χ4v) is 2.70. The number of hydrogen-bond donors (Lipinski definition) is 1. The lowest BCUT2D eigenvalue weighted by Crippen LogP contribution is -2.32. The molecule has 0 radical (unpaired) electrons. The Bertz CT molecular complexity index is 551. The maximum atomic E-state index is 13.2. The number of benzene rings is 1. The summed E-state index contributed by atoms with van der Waals surface area (Å²) >= 11 is 2.96. The maximum absolute atomic E-state index is 13.2. The lowest BCUT2D eigenvalue weighted by molar-refractivity contribution is 0.560. The Balaban J connectivity index is 2.98. The summed E-state index contributed by atoms with van der Waals surface area (Å²) in [4.78, 5) is -0.123. The Morgan fingerprint density at radius 2 is 2.24 bits per heavy atom. The highest BCUT2D eigenvalue weighted by molar-refractivity contribution is 9.10. The molecule has 0 aromatic heterocycles. The van der Waals surface area contributed by atoms with Gasteiger partial charge in [0.25, 0.3) is 0 Å². The predicted octanol–water partition coefficient (Wildman–Crippen LogP) is 2.28. The molecule has 1 N–H and O–H groups in total. The first-order chi connectivity index (χ1) is 7.86. The molecular weight excluding hydrogens is 309 g/mol. The molecule has 0 fully saturated rings. The molecule has 0 heterocycles. The van der Waals surface area contributed by atoms with E-state index in [2.05, 4.69) is 26.6 Å². The van der Waals surface area contributed by atoms with E-state index in [1.807, 2.05) is 0 Å². The van der Waals surface area contributed by atoms with Crippen molar-refractivity contribution in [3.05, 3.63) is 28.5 Å². The van der Waals surface area contributed by atoms with Gasteiger partial charge in [0.15, 0.2) is 0 Å². The second-order valence-electron chi connectivity index (χ2n) is 3.51. The van der Waals surface area contributed by atoms with Crippen LogP contribution in [0.5, 0.6) is 0 Å². The van der Waals surface area contributed by atoms with Crippen LogP contribution in [0.15, 0.2) is 27.6 Å². The lowest BCUT2D eigenvalue weighted by atomic mass is 10.3. The predicted molar refractivity (Wildman–Crippen MR) is 67.3 cm³/mol. The summed E-state index contributed by atoms with van der Waals surface area (Å²) in [6, 6.07) is 3.22. The minimum atomic E-state index is -3.73. The third-order valence-electron chi connectivity index (χ3n) is 1.98. The number of sulfonamides is 1. The molecule has 1 atom stereocenters. The number of rotatable bonds is 4. The normalized spacial score (nSPS) is 13.1. The molecule has 0 aliphatic heterocycles. The van der Waals surface area contributed by atoms with Crippen molar-refractivity contribution < 1.29 is 12.8 Å². The van der Waals surface area contributed by atoms with Crippen LogP contribution in [0.25, 0.3) is 0 Å². The summed E-state index contributed by atoms with van der Waals surface area (Å²) in [6.45, 7) is 1.65. The van der Waals surface area contributed by atoms with E-state index in [0.717, 1.165) is 6.07 Å². The first-order valence-electron chi connectivity index (χ1n) is 4.77. The monoisotopic (exact) mass is 319 g/mol. The van der Waals surface area contributed by atoms with E-state index in [-0.39, 0.29) is 15.8 Å². The molecule has 0 saturated carbocycles. The standard InChI is InChI=1S/C11H11BrFNO2S/c1-3-4-8(2)14-17(15,16)9-5-6-10(12)11(13)7-9/h1,5-8,14H,4H2,2H3. The third-order valence-corrected chi connectivity index (χ3v) is 4.21. The number of hydrogen-bond acceptors (Lipinski definition) is 2. The van der Waals surface area contributed by atoms with Crippen LogP contribution < -0.4 is 4.72 Å². The van der Waals surface area contributed by atoms with Gasteiger partial charge in [-0.2, -0.15) is 0 Å². The smallest absolute Gasteiger partial charge is 0.207 e. The Kier molecular flexibility index (Phi) is 4.69. The summed E-state index contributed by atoms with van der Waals surface area (Å²) in [5.74, 6) is 1.73. The van der Waals surface area contributed by atoms with Crippen molar-refractivity contribution in [2.24, 2.45) is 0 Å². The van der Waals surface area contributed by atoms with E-state index < -0.39 is 21.9 Å². The van der Waals surface area contributed by atoms with Gasteiger partial charge in [-0.15, -0.1) is 12.3 Å². The fourth-order valence-electron chi connectivity index (χ4n) is 1.20. The molecule has 1 aromatic rings. The zero-order chi connectivity index (χ0) is 13.1. The summed E-state index contributed by atoms with van der Waals surface area (Å²) in [5.41, 5.74) is 0. The highest BCUT2D eigenvalue weighted by atomic mass is 79.9. The minimum absolute atomic E-state index is 0.123. The van der Waals surface area contributed by atoms with Crippen LogP contribution in [-0.2, 0) is 10.0 Å². The van der Waals surface area contributed by atoms with Crippen LogP contribution in [0, 0.1) is 18.2 Å². The summed E-state index contributed by atoms with van der Waals surface area (Å²) in [5, 5.41) is 0. The quantitative estimate of drug-likeness (QED) is 0.865. The average molecular weight is 320 g/mol. The van der Waals surface area contributed by atoms with Gasteiger partial charge < -0.3 is 0 Å². The summed E-state index contributed by atoms with van der Waals surface area (Å²) in [7, 11) is -3.73. The first kappa shape index (κ1) is 14.2. The molecule has 1 rings (SSSR count). The molecule has 0 aliphatic rings. The molecule has 0 spiro atoms. The average Bonchev–Trinajstić information content (AvgIpc) is 2.21. The number of terminal acetylenes is 1. The van der Waals surface area contributed by atoms with Crippen molar-refractivity contribution in [3.63, 3.8) is 0 Å². The molecule has 0 saturated heterocycles. The van der Waals surface area contributed by atoms with Crippen molar-refractivity contribution in [2.45, 2.75) is 24.3 Å². The second-order valence-corrected chi connectivity index (χ2v) is 6.07. The number of halogens is 2. The largest absolute Gasteiger partial charge is 0.240 e. The van der Waals surface area contributed by atoms with E-state index in [0.29, 0.717) is 0 Å². The zero-order valence-electron chi connectivity index (χ0n) is 9.07. The van der Waals surface area contributed by atoms with E-state index in [1.165, 1.54) is 12.1 Å². The van der Waals surface area contributed by atoms with Gasteiger partial charge in [-0.3, -0.25) is 0 Å². The van der Waals surface area contributed by atoms with Gasteiger partial charge in [0.2, 0.25) is 10.0 Å². The fraction of sp³-hybridized carbons (Fsp3) is 0.273. The van der Waals surface area contributed by atoms with Crippen molar-refractivity contribution >= 4 is 26.0 Å². The molecule has 17 heavy (non-hydrogen) atoms. The van der Waals surface area contributed by atoms with Crippen molar-refractivity contribution in [3.8, 4) is 12.3 Å². The Labute approximate surface area is 109 Å². The molecule has 0 amide bonds. The van der Waals surface area contributed by atoms with Crippen LogP contribution >= 0.6 is 15.9 Å². The molecule has 6 heteroatoms. The molecule has 1 unspecified atom stereocenters. The molecule has 1 aromatic carbocycles. The zero-order valence-corrected chi connectivity index (χ0v) is 11.5. The molecule has 3 nitrogen and oxygen atoms in total. The second kappa shape index (κ2) is 5.63. The molecule has 92 valence electrons. The summed E-state index contributed by atoms with van der Waals surface area (Å²) < 4.78 is 39.4. The van der Waals surface area contributed by atoms with Crippen molar-refractivity contribution in [1.82, 2.24) is 4.72 Å². The van der Waals surface area contributed by atoms with E-state index in [9.17, 15) is 12.8 Å². The Morgan fingerprint density at radius 3 is 2.76 bits per heavy atom. The van der Waals surface area contributed by atoms with E-state index in [4.69, 9.17) is 6.42 Å².